The molecule has 14 heteroatoms. The first-order chi connectivity index (χ1) is 28.4. The highest BCUT2D eigenvalue weighted by atomic mass is 32.2. The molecule has 0 bridgehead atoms. The number of carbonyl (C=O) groups excluding carboxylic acids is 2. The molecule has 0 atom stereocenters. The molecule has 0 radical (unpaired) electrons. The molecule has 1 saturated heterocycles. The van der Waals surface area contributed by atoms with Gasteiger partial charge in [0.05, 0.1) is 48.7 Å². The van der Waals surface area contributed by atoms with Gasteiger partial charge in [-0.3, -0.25) is 14.5 Å². The average Bonchev–Trinajstić information content (AvgIpc) is 3.19. The third kappa shape index (κ3) is 11.1. The van der Waals surface area contributed by atoms with Gasteiger partial charge >= 0.3 is 6.03 Å². The van der Waals surface area contributed by atoms with Gasteiger partial charge in [-0.25, -0.2) is 13.2 Å². The summed E-state index contributed by atoms with van der Waals surface area (Å²) in [6.45, 7) is 7.67. The Labute approximate surface area is 352 Å². The van der Waals surface area contributed by atoms with Crippen molar-refractivity contribution >= 4 is 49.7 Å². The highest BCUT2D eigenvalue weighted by Gasteiger charge is 2.31. The van der Waals surface area contributed by atoms with Crippen LogP contribution in [-0.2, 0) is 21.9 Å². The zero-order chi connectivity index (χ0) is 43.2. The minimum atomic E-state index is -3.64. The van der Waals surface area contributed by atoms with E-state index in [9.17, 15) is 23.1 Å². The first-order valence-electron chi connectivity index (χ1n) is 20.0. The number of benzene rings is 4. The number of hydrogen-bond donors (Lipinski definition) is 4. The lowest BCUT2D eigenvalue weighted by molar-refractivity contribution is -0.0236. The summed E-state index contributed by atoms with van der Waals surface area (Å²) in [6.07, 6.45) is 6.20. The Bertz CT molecular complexity index is 2480. The predicted molar refractivity (Wildman–Crippen MR) is 237 cm³/mol. The number of fused-ring (bicyclic) bond motifs is 1. The summed E-state index contributed by atoms with van der Waals surface area (Å²) in [5.41, 5.74) is 2.93. The summed E-state index contributed by atoms with van der Waals surface area (Å²) in [5, 5.41) is 18.2. The minimum Gasteiger partial charge on any atom is -0.496 e. The van der Waals surface area contributed by atoms with E-state index in [0.29, 0.717) is 59.9 Å². The van der Waals surface area contributed by atoms with Crippen LogP contribution in [0.25, 0.3) is 10.8 Å². The Kier molecular flexibility index (Phi) is 13.4. The second-order valence-electron chi connectivity index (χ2n) is 16.6. The molecular weight excluding hydrogens is 783 g/mol. The van der Waals surface area contributed by atoms with Gasteiger partial charge in [0.15, 0.2) is 11.5 Å². The van der Waals surface area contributed by atoms with Crippen LogP contribution in [0, 0.1) is 0 Å². The molecule has 0 spiro atoms. The molecule has 4 aromatic carbocycles. The van der Waals surface area contributed by atoms with E-state index >= 15 is 0 Å². The first-order valence-corrected chi connectivity index (χ1v) is 21.9. The van der Waals surface area contributed by atoms with E-state index in [1.807, 2.05) is 63.2 Å². The highest BCUT2D eigenvalue weighted by Crippen LogP contribution is 2.40. The van der Waals surface area contributed by atoms with Crippen molar-refractivity contribution in [2.24, 2.45) is 0 Å². The third-order valence-electron chi connectivity index (χ3n) is 10.8. The molecule has 2 heterocycles. The first kappa shape index (κ1) is 43.9. The standard InChI is InChI=1S/C46H55N5O8S/c1-45(2,3)31-27-38(43(58-6)39(28-31)50-60(7,55)56)49-44(53)48-37-16-17-41(35-12-9-8-11-34(35)37)59-33-18-22-47-32(29-33)25-30-14-15-36(42(26-30)57-5)40(52)13-10-19-46(54)20-23-51(4)24-21-46/h8-9,11-12,14-18,22,26-29,50,54H,10,13,19-21,23-25H2,1-7H3,(H2,48,49,53). The zero-order valence-electron chi connectivity index (χ0n) is 35.3. The number of hydrogen-bond acceptors (Lipinski definition) is 10. The molecule has 318 valence electrons. The Balaban J connectivity index is 1.14. The molecule has 0 aliphatic carbocycles. The molecular formula is C46H55N5O8S. The lowest BCUT2D eigenvalue weighted by Crippen LogP contribution is -2.42. The lowest BCUT2D eigenvalue weighted by atomic mass is 9.86. The average molecular weight is 838 g/mol. The molecule has 1 aliphatic rings. The van der Waals surface area contributed by atoms with E-state index in [4.69, 9.17) is 14.2 Å². The van der Waals surface area contributed by atoms with E-state index < -0.39 is 21.7 Å². The minimum absolute atomic E-state index is 0.0123. The number of nitrogens with zero attached hydrogens (tertiary/aromatic N) is 2. The van der Waals surface area contributed by atoms with Crippen LogP contribution in [-0.4, -0.2) is 81.4 Å². The summed E-state index contributed by atoms with van der Waals surface area (Å²) in [6, 6.07) is 23.2. The predicted octanol–water partition coefficient (Wildman–Crippen LogP) is 8.76. The van der Waals surface area contributed by atoms with E-state index in [1.54, 1.807) is 49.7 Å². The number of piperidine rings is 1. The zero-order valence-corrected chi connectivity index (χ0v) is 36.2. The number of methoxy groups -OCH3 is 2. The van der Waals surface area contributed by atoms with Crippen molar-refractivity contribution in [3.63, 3.8) is 0 Å². The molecule has 5 aromatic rings. The molecule has 1 aliphatic heterocycles. The number of nitrogens with one attached hydrogen (secondary N) is 3. The normalized spacial score (nSPS) is 14.3. The number of ketones is 1. The molecule has 13 nitrogen and oxygen atoms in total. The van der Waals surface area contributed by atoms with Crippen molar-refractivity contribution in [1.29, 1.82) is 0 Å². The summed E-state index contributed by atoms with van der Waals surface area (Å²) in [5.74, 6) is 1.80. The van der Waals surface area contributed by atoms with Crippen molar-refractivity contribution in [1.82, 2.24) is 9.88 Å². The molecule has 0 saturated carbocycles. The quantitative estimate of drug-likeness (QED) is 0.0749. The topological polar surface area (TPSA) is 168 Å². The highest BCUT2D eigenvalue weighted by molar-refractivity contribution is 7.92. The van der Waals surface area contributed by atoms with Gasteiger partial charge in [0.2, 0.25) is 10.0 Å². The smallest absolute Gasteiger partial charge is 0.323 e. The van der Waals surface area contributed by atoms with Crippen LogP contribution in [0.2, 0.25) is 0 Å². The second-order valence-corrected chi connectivity index (χ2v) is 18.3. The number of carbonyl (C=O) groups is 2. The fourth-order valence-corrected chi connectivity index (χ4v) is 7.97. The van der Waals surface area contributed by atoms with Crippen LogP contribution in [0.5, 0.6) is 23.0 Å². The summed E-state index contributed by atoms with van der Waals surface area (Å²) < 4.78 is 44.5. The molecule has 1 fully saturated rings. The van der Waals surface area contributed by atoms with Gasteiger partial charge in [0, 0.05) is 54.7 Å². The summed E-state index contributed by atoms with van der Waals surface area (Å²) in [7, 11) is 1.38. The van der Waals surface area contributed by atoms with Gasteiger partial charge in [-0.05, 0) is 91.7 Å². The number of pyridine rings is 1. The van der Waals surface area contributed by atoms with Crippen LogP contribution < -0.4 is 29.6 Å². The molecule has 0 unspecified atom stereocenters. The van der Waals surface area contributed by atoms with Gasteiger partial charge in [-0.2, -0.15) is 0 Å². The maximum atomic E-state index is 13.5. The largest absolute Gasteiger partial charge is 0.496 e. The lowest BCUT2D eigenvalue weighted by Gasteiger charge is -2.36. The number of amides is 2. The number of sulfonamides is 1. The number of ether oxygens (including phenoxy) is 3. The number of likely N-dealkylation sites (tertiary alicyclic amines) is 1. The number of aliphatic hydroxyl groups is 1. The van der Waals surface area contributed by atoms with Crippen molar-refractivity contribution < 1.29 is 37.3 Å². The van der Waals surface area contributed by atoms with Crippen LogP contribution in [0.1, 0.15) is 80.1 Å². The molecule has 60 heavy (non-hydrogen) atoms. The van der Waals surface area contributed by atoms with Crippen molar-refractivity contribution in [2.45, 2.75) is 70.3 Å². The Morgan fingerprint density at radius 3 is 2.25 bits per heavy atom. The maximum Gasteiger partial charge on any atom is 0.323 e. The van der Waals surface area contributed by atoms with Gasteiger partial charge < -0.3 is 34.9 Å². The number of urea groups is 1. The molecule has 6 rings (SSSR count). The fraction of sp³-hybridized carbons (Fsp3) is 0.370. The van der Waals surface area contributed by atoms with E-state index in [0.717, 1.165) is 59.8 Å². The summed E-state index contributed by atoms with van der Waals surface area (Å²) in [4.78, 5) is 33.5. The van der Waals surface area contributed by atoms with E-state index in [2.05, 4.69) is 32.3 Å². The SMILES string of the molecule is COc1cc(Cc2cc(Oc3ccc(NC(=O)Nc4cc(C(C)(C)C)cc(NS(C)(=O)=O)c4OC)c4ccccc34)ccn2)ccc1C(=O)CCCC1(O)CCN(C)CC1. The third-order valence-corrected chi connectivity index (χ3v) is 11.4. The van der Waals surface area contributed by atoms with E-state index in [1.165, 1.54) is 7.11 Å². The van der Waals surface area contributed by atoms with Crippen LogP contribution in [0.15, 0.2) is 85.1 Å². The van der Waals surface area contributed by atoms with Crippen LogP contribution in [0.4, 0.5) is 21.9 Å². The maximum absolute atomic E-state index is 13.5. The summed E-state index contributed by atoms with van der Waals surface area (Å²) >= 11 is 0. The van der Waals surface area contributed by atoms with Gasteiger partial charge in [-0.15, -0.1) is 0 Å². The Hall–Kier alpha value is -5.70. The Morgan fingerprint density at radius 1 is 0.867 bits per heavy atom. The Morgan fingerprint density at radius 2 is 1.57 bits per heavy atom. The molecule has 2 amide bonds. The van der Waals surface area contributed by atoms with Crippen molar-refractivity contribution in [3.8, 4) is 23.0 Å². The van der Waals surface area contributed by atoms with Gasteiger partial charge in [-0.1, -0.05) is 51.1 Å². The van der Waals surface area contributed by atoms with Crippen molar-refractivity contribution in [3.05, 3.63) is 107 Å². The molecule has 4 N–H and O–H groups in total. The number of anilines is 3. The molecule has 1 aromatic heterocycles. The number of Topliss-reactive ketones (excluding diaryl/α,β-unsaturated/α-hetero) is 1. The van der Waals surface area contributed by atoms with Gasteiger partial charge in [0.1, 0.15) is 17.2 Å². The van der Waals surface area contributed by atoms with Crippen molar-refractivity contribution in [2.75, 3.05) is 56.0 Å². The van der Waals surface area contributed by atoms with Crippen LogP contribution >= 0.6 is 0 Å². The monoisotopic (exact) mass is 837 g/mol. The number of aromatic nitrogens is 1. The number of rotatable bonds is 15. The van der Waals surface area contributed by atoms with E-state index in [-0.39, 0.29) is 22.6 Å². The van der Waals surface area contributed by atoms with Gasteiger partial charge in [0.25, 0.3) is 0 Å². The second kappa shape index (κ2) is 18.3. The fourth-order valence-electron chi connectivity index (χ4n) is 7.42. The van der Waals surface area contributed by atoms with Crippen LogP contribution in [0.3, 0.4) is 0 Å².